The minimum atomic E-state index is 1.32. The molecule has 0 aromatic carbocycles. The Hall–Kier alpha value is -0.700. The molecule has 0 heterocycles. The molecule has 0 aliphatic heterocycles. The fourth-order valence-corrected chi connectivity index (χ4v) is 0. The van der Waals surface area contributed by atoms with E-state index in [1.807, 2.05) is 0 Å². The van der Waals surface area contributed by atoms with Crippen LogP contribution in [0.3, 0.4) is 0 Å². The summed E-state index contributed by atoms with van der Waals surface area (Å²) < 4.78 is 0. The summed E-state index contributed by atoms with van der Waals surface area (Å²) in [6.07, 6.45) is 7.24. The molecule has 0 rings (SSSR count). The molecule has 0 saturated heterocycles. The standard InChI is InChI=1S/C4H10.C3H4.C2H4/c1-3-4-2;1-3-2;1-2/h3-4H2,1-2H3;1H,2H3;1-2H2. The van der Waals surface area contributed by atoms with Crippen LogP contribution in [0.15, 0.2) is 13.2 Å². The van der Waals surface area contributed by atoms with Gasteiger partial charge in [0.05, 0.1) is 0 Å². The molecule has 9 heavy (non-hydrogen) atoms. The van der Waals surface area contributed by atoms with E-state index in [1.165, 1.54) is 12.8 Å². The molecule has 0 heteroatoms. The first-order valence-electron chi connectivity index (χ1n) is 3.20. The van der Waals surface area contributed by atoms with E-state index in [9.17, 15) is 0 Å². The van der Waals surface area contributed by atoms with Crippen molar-refractivity contribution in [1.82, 2.24) is 0 Å². The molecule has 0 aliphatic carbocycles. The topological polar surface area (TPSA) is 0 Å². The highest BCUT2D eigenvalue weighted by Gasteiger charge is 1.56. The van der Waals surface area contributed by atoms with E-state index >= 15 is 0 Å². The summed E-state index contributed by atoms with van der Waals surface area (Å²) in [7, 11) is 0. The molecule has 0 nitrogen and oxygen atoms in total. The van der Waals surface area contributed by atoms with Crippen molar-refractivity contribution in [1.29, 1.82) is 0 Å². The summed E-state index contributed by atoms with van der Waals surface area (Å²) in [5, 5.41) is 0. The maximum atomic E-state index is 4.60. The molecule has 0 aromatic heterocycles. The molecule has 0 N–H and O–H groups in total. The largest absolute Gasteiger partial charge is 0.120 e. The van der Waals surface area contributed by atoms with Crippen molar-refractivity contribution in [3.05, 3.63) is 13.2 Å². The van der Waals surface area contributed by atoms with E-state index < -0.39 is 0 Å². The van der Waals surface area contributed by atoms with Crippen molar-refractivity contribution in [2.45, 2.75) is 33.6 Å². The van der Waals surface area contributed by atoms with Gasteiger partial charge in [-0.25, -0.2) is 0 Å². The third kappa shape index (κ3) is 2280. The van der Waals surface area contributed by atoms with Crippen molar-refractivity contribution in [3.8, 4) is 12.3 Å². The van der Waals surface area contributed by atoms with Gasteiger partial charge in [0.15, 0.2) is 0 Å². The maximum Gasteiger partial charge on any atom is -0.00297 e. The van der Waals surface area contributed by atoms with Crippen molar-refractivity contribution in [2.75, 3.05) is 0 Å². The van der Waals surface area contributed by atoms with E-state index in [0.717, 1.165) is 0 Å². The van der Waals surface area contributed by atoms with Crippen molar-refractivity contribution < 1.29 is 0 Å². The molecular weight excluding hydrogens is 108 g/mol. The summed E-state index contributed by atoms with van der Waals surface area (Å²) >= 11 is 0. The van der Waals surface area contributed by atoms with Gasteiger partial charge < -0.3 is 0 Å². The van der Waals surface area contributed by atoms with Crippen LogP contribution >= 0.6 is 0 Å². The molecule has 0 fully saturated rings. The van der Waals surface area contributed by atoms with Crippen LogP contribution in [0.4, 0.5) is 0 Å². The fraction of sp³-hybridized carbons (Fsp3) is 0.556. The van der Waals surface area contributed by atoms with E-state index in [4.69, 9.17) is 0 Å². The van der Waals surface area contributed by atoms with E-state index in [1.54, 1.807) is 6.92 Å². The highest BCUT2D eigenvalue weighted by Crippen LogP contribution is 1.76. The maximum absolute atomic E-state index is 4.60. The zero-order chi connectivity index (χ0) is 8.12. The van der Waals surface area contributed by atoms with Crippen molar-refractivity contribution in [3.63, 3.8) is 0 Å². The van der Waals surface area contributed by atoms with Crippen LogP contribution < -0.4 is 0 Å². The first kappa shape index (κ1) is 15.7. The van der Waals surface area contributed by atoms with E-state index in [0.29, 0.717) is 0 Å². The van der Waals surface area contributed by atoms with Gasteiger partial charge >= 0.3 is 0 Å². The predicted molar refractivity (Wildman–Crippen MR) is 46.3 cm³/mol. The Morgan fingerprint density at radius 2 is 1.33 bits per heavy atom. The van der Waals surface area contributed by atoms with Gasteiger partial charge in [0.2, 0.25) is 0 Å². The summed E-state index contributed by atoms with van der Waals surface area (Å²) in [5.74, 6) is 2.25. The molecule has 0 aromatic rings. The van der Waals surface area contributed by atoms with Crippen LogP contribution in [-0.4, -0.2) is 0 Å². The summed E-state index contributed by atoms with van der Waals surface area (Å²) in [5.41, 5.74) is 0. The first-order chi connectivity index (χ1) is 4.33. The van der Waals surface area contributed by atoms with Crippen LogP contribution in [0.25, 0.3) is 0 Å². The second-order valence-corrected chi connectivity index (χ2v) is 1.29. The molecule has 0 unspecified atom stereocenters. The van der Waals surface area contributed by atoms with Gasteiger partial charge in [-0.05, 0) is 6.92 Å². The Morgan fingerprint density at radius 1 is 1.22 bits per heavy atom. The Kier molecular flexibility index (Phi) is 95.8. The van der Waals surface area contributed by atoms with Crippen LogP contribution in [0.1, 0.15) is 33.6 Å². The van der Waals surface area contributed by atoms with Crippen LogP contribution in [-0.2, 0) is 0 Å². The minimum absolute atomic E-state index is 1.32. The third-order valence-electron chi connectivity index (χ3n) is 0.500. The molecule has 0 spiro atoms. The Balaban J connectivity index is -0.0000000646. The Labute approximate surface area is 60.0 Å². The van der Waals surface area contributed by atoms with Gasteiger partial charge in [-0.3, -0.25) is 0 Å². The molecule has 0 bridgehead atoms. The van der Waals surface area contributed by atoms with Gasteiger partial charge in [0.25, 0.3) is 0 Å². The molecule has 0 radical (unpaired) electrons. The second kappa shape index (κ2) is 54.8. The SMILES string of the molecule is C#CC.C=C.CCCC. The number of unbranched alkanes of at least 4 members (excludes halogenated alkanes) is 1. The highest BCUT2D eigenvalue weighted by molar-refractivity contribution is 4.73. The number of terminal acetylenes is 1. The van der Waals surface area contributed by atoms with Crippen LogP contribution in [0, 0.1) is 12.3 Å². The van der Waals surface area contributed by atoms with E-state index in [2.05, 4.69) is 39.3 Å². The smallest absolute Gasteiger partial charge is 0.00297 e. The molecule has 54 valence electrons. The first-order valence-corrected chi connectivity index (χ1v) is 3.20. The molecule has 0 saturated carbocycles. The zero-order valence-electron chi connectivity index (χ0n) is 6.91. The zero-order valence-corrected chi connectivity index (χ0v) is 6.91. The average Bonchev–Trinajstić information content (AvgIpc) is 1.94. The molecule has 0 atom stereocenters. The fourth-order valence-electron chi connectivity index (χ4n) is 0. The second-order valence-electron chi connectivity index (χ2n) is 1.29. The van der Waals surface area contributed by atoms with Gasteiger partial charge in [-0.1, -0.05) is 26.7 Å². The van der Waals surface area contributed by atoms with Crippen molar-refractivity contribution >= 4 is 0 Å². The number of hydrogen-bond acceptors (Lipinski definition) is 0. The Morgan fingerprint density at radius 3 is 1.33 bits per heavy atom. The lowest BCUT2D eigenvalue weighted by molar-refractivity contribution is 0.886. The number of hydrogen-bond donors (Lipinski definition) is 0. The van der Waals surface area contributed by atoms with Crippen molar-refractivity contribution in [2.24, 2.45) is 0 Å². The van der Waals surface area contributed by atoms with Gasteiger partial charge in [-0.15, -0.1) is 25.5 Å². The van der Waals surface area contributed by atoms with Crippen LogP contribution in [0.2, 0.25) is 0 Å². The molecule has 0 amide bonds. The molecule has 0 aliphatic rings. The van der Waals surface area contributed by atoms with E-state index in [-0.39, 0.29) is 0 Å². The molecular formula is C9H18. The quantitative estimate of drug-likeness (QED) is 0.374. The lowest BCUT2D eigenvalue weighted by Gasteiger charge is -1.68. The lowest BCUT2D eigenvalue weighted by atomic mass is 10.4. The summed E-state index contributed by atoms with van der Waals surface area (Å²) in [6.45, 7) is 12.0. The average molecular weight is 126 g/mol. The highest BCUT2D eigenvalue weighted by atomic mass is 13.6. The summed E-state index contributed by atoms with van der Waals surface area (Å²) in [4.78, 5) is 0. The van der Waals surface area contributed by atoms with Gasteiger partial charge in [0.1, 0.15) is 0 Å². The van der Waals surface area contributed by atoms with Gasteiger partial charge in [-0.2, -0.15) is 0 Å². The monoisotopic (exact) mass is 126 g/mol. The minimum Gasteiger partial charge on any atom is -0.120 e. The summed E-state index contributed by atoms with van der Waals surface area (Å²) in [6, 6.07) is 0. The normalized spacial score (nSPS) is 4.67. The van der Waals surface area contributed by atoms with Gasteiger partial charge in [0, 0.05) is 0 Å². The third-order valence-corrected chi connectivity index (χ3v) is 0.500. The number of rotatable bonds is 1. The predicted octanol–water partition coefficient (Wildman–Crippen LogP) is 3.25. The Bertz CT molecular complexity index is 45.5. The van der Waals surface area contributed by atoms with Crippen LogP contribution in [0.5, 0.6) is 0 Å². The lowest BCUT2D eigenvalue weighted by Crippen LogP contribution is -1.47.